The predicted molar refractivity (Wildman–Crippen MR) is 134 cm³/mol. The molecule has 1 heterocycles. The van der Waals surface area contributed by atoms with E-state index < -0.39 is 15.4 Å². The topological polar surface area (TPSA) is 39.1 Å². The van der Waals surface area contributed by atoms with Crippen molar-refractivity contribution < 1.29 is 8.42 Å². The number of hydrogen-bond donors (Lipinski definition) is 0. The van der Waals surface area contributed by atoms with E-state index in [-0.39, 0.29) is 0 Å². The van der Waals surface area contributed by atoms with Crippen LogP contribution in [-0.4, -0.2) is 12.4 Å². The lowest BCUT2D eigenvalue weighted by molar-refractivity contribution is 0.588. The van der Waals surface area contributed by atoms with Gasteiger partial charge in [-0.05, 0) is 58.5 Å². The highest BCUT2D eigenvalue weighted by Gasteiger charge is 2.53. The van der Waals surface area contributed by atoms with Crippen molar-refractivity contribution in [2.75, 3.05) is 0 Å². The minimum absolute atomic E-state index is 0.294. The molecule has 0 N–H and O–H groups in total. The Balaban J connectivity index is 1.60. The first-order chi connectivity index (χ1) is 16.5. The molecule has 1 spiro atoms. The van der Waals surface area contributed by atoms with Crippen LogP contribution in [0.25, 0.3) is 22.4 Å². The highest BCUT2D eigenvalue weighted by Crippen LogP contribution is 2.63. The number of aromatic nitrogens is 1. The molecule has 0 saturated carbocycles. The van der Waals surface area contributed by atoms with E-state index in [0.717, 1.165) is 27.9 Å². The van der Waals surface area contributed by atoms with Gasteiger partial charge in [0.1, 0.15) is 0 Å². The number of aryl methyl sites for hydroxylation is 1. The van der Waals surface area contributed by atoms with Crippen LogP contribution in [0.1, 0.15) is 27.8 Å². The average Bonchev–Trinajstić information content (AvgIpc) is 3.51. The molecule has 4 heteroatoms. The van der Waals surface area contributed by atoms with E-state index in [4.69, 9.17) is 0 Å². The molecular formula is C30H21NO2S. The van der Waals surface area contributed by atoms with E-state index in [2.05, 4.69) is 60.7 Å². The molecule has 0 aliphatic heterocycles. The number of hydrogen-bond acceptors (Lipinski definition) is 2. The molecule has 2 aliphatic carbocycles. The Hall–Kier alpha value is -3.89. The van der Waals surface area contributed by atoms with Crippen LogP contribution in [0.4, 0.5) is 0 Å². The molecule has 1 aromatic heterocycles. The zero-order valence-corrected chi connectivity index (χ0v) is 19.4. The summed E-state index contributed by atoms with van der Waals surface area (Å²) in [6.07, 6.45) is 1.72. The maximum atomic E-state index is 13.8. The van der Waals surface area contributed by atoms with Gasteiger partial charge in [-0.15, -0.1) is 0 Å². The molecular weight excluding hydrogens is 438 g/mol. The first-order valence-electron chi connectivity index (χ1n) is 11.4. The second kappa shape index (κ2) is 6.58. The van der Waals surface area contributed by atoms with Gasteiger partial charge in [0, 0.05) is 11.8 Å². The van der Waals surface area contributed by atoms with Crippen LogP contribution in [-0.2, 0) is 15.4 Å². The van der Waals surface area contributed by atoms with Crippen LogP contribution < -0.4 is 0 Å². The van der Waals surface area contributed by atoms with Crippen molar-refractivity contribution in [3.63, 3.8) is 0 Å². The van der Waals surface area contributed by atoms with Gasteiger partial charge in [-0.3, -0.25) is 0 Å². The molecule has 3 nitrogen and oxygen atoms in total. The molecule has 0 radical (unpaired) electrons. The smallest absolute Gasteiger partial charge is 0.241 e. The molecule has 34 heavy (non-hydrogen) atoms. The third-order valence-corrected chi connectivity index (χ3v) is 9.06. The van der Waals surface area contributed by atoms with Crippen LogP contribution in [0.15, 0.2) is 114 Å². The molecule has 0 amide bonds. The highest BCUT2D eigenvalue weighted by atomic mass is 32.2. The molecule has 164 valence electrons. The van der Waals surface area contributed by atoms with E-state index in [9.17, 15) is 8.42 Å². The zero-order chi connectivity index (χ0) is 23.1. The first kappa shape index (κ1) is 19.6. The molecule has 0 atom stereocenters. The van der Waals surface area contributed by atoms with Gasteiger partial charge >= 0.3 is 0 Å². The fourth-order valence-electron chi connectivity index (χ4n) is 5.98. The Morgan fingerprint density at radius 2 is 1.09 bits per heavy atom. The van der Waals surface area contributed by atoms with E-state index in [0.29, 0.717) is 4.90 Å². The normalized spacial score (nSPS) is 14.5. The first-order valence-corrected chi connectivity index (χ1v) is 12.8. The van der Waals surface area contributed by atoms with Gasteiger partial charge in [-0.25, -0.2) is 12.4 Å². The van der Waals surface area contributed by atoms with Crippen molar-refractivity contribution in [2.45, 2.75) is 17.2 Å². The number of nitrogens with zero attached hydrogens (tertiary/aromatic N) is 1. The second-order valence-electron chi connectivity index (χ2n) is 9.08. The maximum absolute atomic E-state index is 13.8. The number of rotatable bonds is 2. The van der Waals surface area contributed by atoms with E-state index in [1.165, 1.54) is 26.2 Å². The lowest BCUT2D eigenvalue weighted by Gasteiger charge is -2.29. The van der Waals surface area contributed by atoms with Crippen LogP contribution in [0.5, 0.6) is 0 Å². The fraction of sp³-hybridized carbons (Fsp3) is 0.0667. The van der Waals surface area contributed by atoms with Crippen molar-refractivity contribution in [3.05, 3.63) is 137 Å². The van der Waals surface area contributed by atoms with Gasteiger partial charge in [0.05, 0.1) is 16.0 Å². The maximum Gasteiger partial charge on any atom is 0.268 e. The second-order valence-corrected chi connectivity index (χ2v) is 10.9. The standard InChI is InChI=1S/C30H21NO2S/c1-20-14-16-21(17-15-20)34(32,33)31-19-18-28-29(31)24-10-4-7-13-27(24)30(28)25-11-5-2-8-22(25)23-9-3-6-12-26(23)30/h2-19H,1H3. The minimum atomic E-state index is -3.76. The summed E-state index contributed by atoms with van der Waals surface area (Å²) in [5, 5.41) is 0. The van der Waals surface area contributed by atoms with Crippen molar-refractivity contribution in [2.24, 2.45) is 0 Å². The van der Waals surface area contributed by atoms with Crippen LogP contribution in [0.3, 0.4) is 0 Å². The van der Waals surface area contributed by atoms with Crippen molar-refractivity contribution in [1.82, 2.24) is 3.97 Å². The Morgan fingerprint density at radius 3 is 1.68 bits per heavy atom. The molecule has 0 bridgehead atoms. The summed E-state index contributed by atoms with van der Waals surface area (Å²) < 4.78 is 29.1. The minimum Gasteiger partial charge on any atom is -0.241 e. The molecule has 7 rings (SSSR count). The number of fused-ring (bicyclic) bond motifs is 10. The van der Waals surface area contributed by atoms with Gasteiger partial charge in [0.15, 0.2) is 0 Å². The fourth-order valence-corrected chi connectivity index (χ4v) is 7.35. The summed E-state index contributed by atoms with van der Waals surface area (Å²) in [5.74, 6) is 0. The van der Waals surface area contributed by atoms with Gasteiger partial charge in [-0.1, -0.05) is 90.5 Å². The Morgan fingerprint density at radius 1 is 0.588 bits per heavy atom. The summed E-state index contributed by atoms with van der Waals surface area (Å²) in [7, 11) is -3.76. The zero-order valence-electron chi connectivity index (χ0n) is 18.6. The quantitative estimate of drug-likeness (QED) is 0.301. The van der Waals surface area contributed by atoms with Crippen molar-refractivity contribution >= 4 is 10.0 Å². The largest absolute Gasteiger partial charge is 0.268 e. The summed E-state index contributed by atoms with van der Waals surface area (Å²) in [4.78, 5) is 0.294. The molecule has 0 fully saturated rings. The van der Waals surface area contributed by atoms with Gasteiger partial charge in [-0.2, -0.15) is 0 Å². The molecule has 4 aromatic carbocycles. The average molecular weight is 460 g/mol. The third kappa shape index (κ3) is 2.24. The van der Waals surface area contributed by atoms with E-state index >= 15 is 0 Å². The predicted octanol–water partition coefficient (Wildman–Crippen LogP) is 6.38. The van der Waals surface area contributed by atoms with Gasteiger partial charge in [0.25, 0.3) is 10.0 Å². The Labute approximate surface area is 199 Å². The third-order valence-electron chi connectivity index (χ3n) is 7.37. The van der Waals surface area contributed by atoms with Crippen molar-refractivity contribution in [3.8, 4) is 22.4 Å². The number of benzene rings is 4. The molecule has 5 aromatic rings. The van der Waals surface area contributed by atoms with E-state index in [1.807, 2.05) is 37.3 Å². The Bertz CT molecular complexity index is 1680. The van der Waals surface area contributed by atoms with Gasteiger partial charge in [0.2, 0.25) is 0 Å². The molecule has 2 aliphatic rings. The van der Waals surface area contributed by atoms with E-state index in [1.54, 1.807) is 18.3 Å². The lowest BCUT2D eigenvalue weighted by Crippen LogP contribution is -2.25. The van der Waals surface area contributed by atoms with Crippen LogP contribution in [0, 0.1) is 6.92 Å². The van der Waals surface area contributed by atoms with Crippen LogP contribution in [0.2, 0.25) is 0 Å². The van der Waals surface area contributed by atoms with Crippen LogP contribution >= 0.6 is 0 Å². The summed E-state index contributed by atoms with van der Waals surface area (Å²) in [6, 6.07) is 34.3. The van der Waals surface area contributed by atoms with Crippen molar-refractivity contribution in [1.29, 1.82) is 0 Å². The summed E-state index contributed by atoms with van der Waals surface area (Å²) in [5.41, 5.74) is 9.17. The SMILES string of the molecule is Cc1ccc(S(=O)(=O)n2ccc3c2-c2ccccc2C32c3ccccc3-c3ccccc32)cc1. The van der Waals surface area contributed by atoms with Gasteiger partial charge < -0.3 is 0 Å². The monoisotopic (exact) mass is 459 g/mol. The molecule has 0 unspecified atom stereocenters. The Kier molecular flexibility index (Phi) is 3.79. The molecule has 0 saturated heterocycles. The highest BCUT2D eigenvalue weighted by molar-refractivity contribution is 7.90. The summed E-state index contributed by atoms with van der Waals surface area (Å²) in [6.45, 7) is 1.96. The lowest BCUT2D eigenvalue weighted by atomic mass is 9.71. The summed E-state index contributed by atoms with van der Waals surface area (Å²) >= 11 is 0.